The van der Waals surface area contributed by atoms with Crippen molar-refractivity contribution in [2.75, 3.05) is 6.61 Å². The lowest BCUT2D eigenvalue weighted by Crippen LogP contribution is -2.07. The van der Waals surface area contributed by atoms with Crippen LogP contribution in [0.2, 0.25) is 0 Å². The molecule has 0 atom stereocenters. The van der Waals surface area contributed by atoms with Crippen molar-refractivity contribution in [3.8, 4) is 0 Å². The average Bonchev–Trinajstić information content (AvgIpc) is 2.71. The summed E-state index contributed by atoms with van der Waals surface area (Å²) in [6.07, 6.45) is 2.58. The second-order valence-corrected chi connectivity index (χ2v) is 3.05. The Bertz CT molecular complexity index is 592. The minimum atomic E-state index is -1.26. The number of rotatable bonds is 3. The van der Waals surface area contributed by atoms with Crippen LogP contribution in [0.1, 0.15) is 27.9 Å². The van der Waals surface area contributed by atoms with Crippen molar-refractivity contribution in [3.63, 3.8) is 0 Å². The van der Waals surface area contributed by atoms with Crippen LogP contribution in [0.3, 0.4) is 0 Å². The third-order valence-corrected chi connectivity index (χ3v) is 1.90. The van der Waals surface area contributed by atoms with Gasteiger partial charge >= 0.3 is 11.9 Å². The Balaban J connectivity index is 2.43. The van der Waals surface area contributed by atoms with Crippen molar-refractivity contribution in [3.05, 3.63) is 23.8 Å². The van der Waals surface area contributed by atoms with Crippen molar-refractivity contribution < 1.29 is 19.4 Å². The molecule has 0 bridgehead atoms. The lowest BCUT2D eigenvalue weighted by atomic mass is 10.3. The van der Waals surface area contributed by atoms with Crippen LogP contribution >= 0.6 is 0 Å². The van der Waals surface area contributed by atoms with Crippen LogP contribution in [0.5, 0.6) is 0 Å². The zero-order valence-electron chi connectivity index (χ0n) is 8.82. The molecule has 0 aliphatic rings. The standard InChI is InChI=1S/C9H8N4O4/c1-2-17-8(16)5-3-10-9-11-6(7(14)15)12-13(9)4-5/h3-4H,2H2,1H3,(H,14,15). The van der Waals surface area contributed by atoms with Crippen LogP contribution in [-0.2, 0) is 4.74 Å². The highest BCUT2D eigenvalue weighted by Gasteiger charge is 2.14. The first-order chi connectivity index (χ1) is 8.11. The van der Waals surface area contributed by atoms with Crippen LogP contribution in [0.15, 0.2) is 12.4 Å². The second-order valence-electron chi connectivity index (χ2n) is 3.05. The van der Waals surface area contributed by atoms with E-state index in [1.807, 2.05) is 0 Å². The number of esters is 1. The summed E-state index contributed by atoms with van der Waals surface area (Å²) in [7, 11) is 0. The maximum absolute atomic E-state index is 11.4. The summed E-state index contributed by atoms with van der Waals surface area (Å²) in [6, 6.07) is 0. The molecule has 0 spiro atoms. The quantitative estimate of drug-likeness (QED) is 0.747. The molecule has 2 heterocycles. The molecule has 8 heteroatoms. The van der Waals surface area contributed by atoms with E-state index >= 15 is 0 Å². The maximum atomic E-state index is 11.4. The van der Waals surface area contributed by atoms with E-state index in [0.717, 1.165) is 4.52 Å². The molecule has 2 aromatic rings. The third-order valence-electron chi connectivity index (χ3n) is 1.90. The van der Waals surface area contributed by atoms with E-state index in [9.17, 15) is 9.59 Å². The lowest BCUT2D eigenvalue weighted by molar-refractivity contribution is 0.0524. The summed E-state index contributed by atoms with van der Waals surface area (Å²) in [5, 5.41) is 12.3. The van der Waals surface area contributed by atoms with Gasteiger partial charge in [-0.05, 0) is 6.92 Å². The lowest BCUT2D eigenvalue weighted by Gasteiger charge is -2.00. The van der Waals surface area contributed by atoms with Gasteiger partial charge in [0.2, 0.25) is 0 Å². The van der Waals surface area contributed by atoms with Gasteiger partial charge in [0.05, 0.1) is 12.2 Å². The van der Waals surface area contributed by atoms with E-state index < -0.39 is 11.9 Å². The largest absolute Gasteiger partial charge is 0.475 e. The van der Waals surface area contributed by atoms with Crippen molar-refractivity contribution in [1.82, 2.24) is 19.6 Å². The molecular weight excluding hydrogens is 228 g/mol. The number of hydrogen-bond donors (Lipinski definition) is 1. The number of hydrogen-bond acceptors (Lipinski definition) is 6. The van der Waals surface area contributed by atoms with E-state index in [1.54, 1.807) is 6.92 Å². The molecule has 88 valence electrons. The predicted molar refractivity (Wildman–Crippen MR) is 53.7 cm³/mol. The molecule has 0 saturated heterocycles. The number of carboxylic acids is 1. The third kappa shape index (κ3) is 2.05. The zero-order valence-corrected chi connectivity index (χ0v) is 8.82. The zero-order chi connectivity index (χ0) is 12.4. The molecule has 2 rings (SSSR count). The van der Waals surface area contributed by atoms with Gasteiger partial charge in [-0.2, -0.15) is 4.98 Å². The molecule has 0 radical (unpaired) electrons. The molecular formula is C9H8N4O4. The Hall–Kier alpha value is -2.51. The van der Waals surface area contributed by atoms with Gasteiger partial charge in [0.25, 0.3) is 11.6 Å². The van der Waals surface area contributed by atoms with Crippen molar-refractivity contribution in [2.45, 2.75) is 6.92 Å². The fourth-order valence-electron chi connectivity index (χ4n) is 1.19. The molecule has 0 aromatic carbocycles. The van der Waals surface area contributed by atoms with Gasteiger partial charge in [0.15, 0.2) is 0 Å². The molecule has 2 aromatic heterocycles. The number of ether oxygens (including phenoxy) is 1. The van der Waals surface area contributed by atoms with Gasteiger partial charge in [-0.15, -0.1) is 5.10 Å². The summed E-state index contributed by atoms with van der Waals surface area (Å²) in [5.74, 6) is -2.07. The first-order valence-corrected chi connectivity index (χ1v) is 4.74. The van der Waals surface area contributed by atoms with E-state index in [-0.39, 0.29) is 23.8 Å². The number of aromatic carboxylic acids is 1. The van der Waals surface area contributed by atoms with Gasteiger partial charge < -0.3 is 9.84 Å². The SMILES string of the molecule is CCOC(=O)c1cnc2nc(C(=O)O)nn2c1. The average molecular weight is 236 g/mol. The first-order valence-electron chi connectivity index (χ1n) is 4.74. The van der Waals surface area contributed by atoms with Crippen molar-refractivity contribution in [1.29, 1.82) is 0 Å². The Kier molecular flexibility index (Phi) is 2.69. The fourth-order valence-corrected chi connectivity index (χ4v) is 1.19. The normalized spacial score (nSPS) is 10.4. The summed E-state index contributed by atoms with van der Waals surface area (Å²) in [5.41, 5.74) is 0.182. The topological polar surface area (TPSA) is 107 Å². The smallest absolute Gasteiger partial charge is 0.375 e. The summed E-state index contributed by atoms with van der Waals surface area (Å²) in [6.45, 7) is 1.93. The number of aromatic nitrogens is 4. The van der Waals surface area contributed by atoms with Gasteiger partial charge in [-0.25, -0.2) is 19.1 Å². The highest BCUT2D eigenvalue weighted by atomic mass is 16.5. The molecule has 0 aliphatic carbocycles. The molecule has 0 saturated carbocycles. The molecule has 0 amide bonds. The van der Waals surface area contributed by atoms with E-state index in [1.165, 1.54) is 12.4 Å². The van der Waals surface area contributed by atoms with Crippen LogP contribution in [-0.4, -0.2) is 43.2 Å². The van der Waals surface area contributed by atoms with Gasteiger partial charge in [0, 0.05) is 12.4 Å². The second kappa shape index (κ2) is 4.16. The van der Waals surface area contributed by atoms with Crippen LogP contribution in [0, 0.1) is 0 Å². The van der Waals surface area contributed by atoms with Crippen LogP contribution in [0.4, 0.5) is 0 Å². The van der Waals surface area contributed by atoms with E-state index in [0.29, 0.717) is 0 Å². The number of carboxylic acid groups (broad SMARTS) is 1. The monoisotopic (exact) mass is 236 g/mol. The highest BCUT2D eigenvalue weighted by Crippen LogP contribution is 2.03. The minimum Gasteiger partial charge on any atom is -0.475 e. The number of nitrogens with zero attached hydrogens (tertiary/aromatic N) is 4. The van der Waals surface area contributed by atoms with Crippen molar-refractivity contribution >= 4 is 17.7 Å². The number of fused-ring (bicyclic) bond motifs is 1. The molecule has 8 nitrogen and oxygen atoms in total. The van der Waals surface area contributed by atoms with Crippen LogP contribution in [0.25, 0.3) is 5.78 Å². The Labute approximate surface area is 94.9 Å². The number of carbonyl (C=O) groups is 2. The fraction of sp³-hybridized carbons (Fsp3) is 0.222. The molecule has 0 fully saturated rings. The van der Waals surface area contributed by atoms with Gasteiger partial charge in [-0.3, -0.25) is 0 Å². The highest BCUT2D eigenvalue weighted by molar-refractivity contribution is 5.89. The van der Waals surface area contributed by atoms with Gasteiger partial charge in [-0.1, -0.05) is 0 Å². The van der Waals surface area contributed by atoms with E-state index in [4.69, 9.17) is 9.84 Å². The number of carbonyl (C=O) groups excluding carboxylic acids is 1. The van der Waals surface area contributed by atoms with Crippen molar-refractivity contribution in [2.24, 2.45) is 0 Å². The maximum Gasteiger partial charge on any atom is 0.375 e. The Morgan fingerprint density at radius 2 is 2.29 bits per heavy atom. The molecule has 1 N–H and O–H groups in total. The first kappa shape index (κ1) is 11.0. The Morgan fingerprint density at radius 1 is 1.53 bits per heavy atom. The molecule has 17 heavy (non-hydrogen) atoms. The van der Waals surface area contributed by atoms with Crippen LogP contribution < -0.4 is 0 Å². The Morgan fingerprint density at radius 3 is 2.94 bits per heavy atom. The summed E-state index contributed by atoms with van der Waals surface area (Å²) >= 11 is 0. The van der Waals surface area contributed by atoms with Gasteiger partial charge in [0.1, 0.15) is 0 Å². The summed E-state index contributed by atoms with van der Waals surface area (Å²) < 4.78 is 5.90. The van der Waals surface area contributed by atoms with E-state index in [2.05, 4.69) is 15.1 Å². The molecule has 0 aliphatic heterocycles. The summed E-state index contributed by atoms with van der Waals surface area (Å²) in [4.78, 5) is 29.5. The minimum absolute atomic E-state index is 0.107. The molecule has 0 unspecified atom stereocenters. The predicted octanol–water partition coefficient (Wildman–Crippen LogP) is -0.000800.